The van der Waals surface area contributed by atoms with Crippen molar-refractivity contribution in [3.63, 3.8) is 0 Å². The quantitative estimate of drug-likeness (QED) is 0.431. The van der Waals surface area contributed by atoms with Crippen LogP contribution in [-0.2, 0) is 4.74 Å². The van der Waals surface area contributed by atoms with Gasteiger partial charge in [0.25, 0.3) is 0 Å². The van der Waals surface area contributed by atoms with Crippen LogP contribution in [0.2, 0.25) is 0 Å². The van der Waals surface area contributed by atoms with Gasteiger partial charge < -0.3 is 20.1 Å². The summed E-state index contributed by atoms with van der Waals surface area (Å²) >= 11 is 0. The molecule has 1 aromatic rings. The van der Waals surface area contributed by atoms with Crippen LogP contribution in [0.5, 0.6) is 5.75 Å². The summed E-state index contributed by atoms with van der Waals surface area (Å²) < 4.78 is 10.7. The average Bonchev–Trinajstić information content (AvgIpc) is 2.47. The van der Waals surface area contributed by atoms with Crippen molar-refractivity contribution in [2.75, 3.05) is 40.5 Å². The molecule has 0 radical (unpaired) electrons. The van der Waals surface area contributed by atoms with Gasteiger partial charge in [0.15, 0.2) is 5.96 Å². The molecule has 0 aliphatic heterocycles. The summed E-state index contributed by atoms with van der Waals surface area (Å²) in [7, 11) is 3.46. The molecule has 0 saturated carbocycles. The van der Waals surface area contributed by atoms with Gasteiger partial charge in [0, 0.05) is 27.3 Å². The Bertz CT molecular complexity index is 408. The summed E-state index contributed by atoms with van der Waals surface area (Å²) in [5.74, 6) is 1.71. The lowest BCUT2D eigenvalue weighted by Gasteiger charge is -2.13. The Morgan fingerprint density at radius 3 is 2.60 bits per heavy atom. The minimum absolute atomic E-state index is 0.601. The van der Waals surface area contributed by atoms with Crippen LogP contribution < -0.4 is 15.4 Å². The summed E-state index contributed by atoms with van der Waals surface area (Å²) in [5.41, 5.74) is 1.15. The lowest BCUT2D eigenvalue weighted by molar-refractivity contribution is 0.195. The van der Waals surface area contributed by atoms with E-state index in [4.69, 9.17) is 9.47 Å². The van der Waals surface area contributed by atoms with E-state index in [1.165, 1.54) is 0 Å². The van der Waals surface area contributed by atoms with Gasteiger partial charge in [0.2, 0.25) is 0 Å². The fourth-order valence-corrected chi connectivity index (χ4v) is 1.69. The van der Waals surface area contributed by atoms with Gasteiger partial charge in [-0.1, -0.05) is 18.2 Å². The largest absolute Gasteiger partial charge is 0.491 e. The van der Waals surface area contributed by atoms with E-state index in [0.717, 1.165) is 36.8 Å². The van der Waals surface area contributed by atoms with Gasteiger partial charge in [0.05, 0.1) is 6.54 Å². The van der Waals surface area contributed by atoms with Crippen LogP contribution in [-0.4, -0.2) is 46.4 Å². The van der Waals surface area contributed by atoms with Crippen molar-refractivity contribution in [1.29, 1.82) is 0 Å². The number of aryl methyl sites for hydroxylation is 1. The highest BCUT2D eigenvalue weighted by Crippen LogP contribution is 2.15. The number of nitrogens with one attached hydrogen (secondary N) is 2. The zero-order chi connectivity index (χ0) is 14.6. The molecule has 0 aromatic heterocycles. The maximum Gasteiger partial charge on any atom is 0.191 e. The van der Waals surface area contributed by atoms with Crippen LogP contribution in [0.15, 0.2) is 29.3 Å². The van der Waals surface area contributed by atoms with Gasteiger partial charge in [-0.3, -0.25) is 4.99 Å². The van der Waals surface area contributed by atoms with Crippen molar-refractivity contribution >= 4 is 5.96 Å². The molecule has 0 bridgehead atoms. The Labute approximate surface area is 121 Å². The topological polar surface area (TPSA) is 54.9 Å². The fraction of sp³-hybridized carbons (Fsp3) is 0.533. The van der Waals surface area contributed by atoms with Crippen molar-refractivity contribution in [1.82, 2.24) is 10.6 Å². The molecule has 5 nitrogen and oxygen atoms in total. The highest BCUT2D eigenvalue weighted by atomic mass is 16.5. The molecule has 0 amide bonds. The molecule has 0 atom stereocenters. The number of methoxy groups -OCH3 is 1. The summed E-state index contributed by atoms with van der Waals surface area (Å²) in [6.45, 7) is 4.94. The number of para-hydroxylation sites is 1. The molecule has 112 valence electrons. The van der Waals surface area contributed by atoms with Gasteiger partial charge in [-0.05, 0) is 25.0 Å². The number of hydrogen-bond acceptors (Lipinski definition) is 3. The van der Waals surface area contributed by atoms with Crippen LogP contribution in [0.4, 0.5) is 0 Å². The number of guanidine groups is 1. The number of hydrogen-bond donors (Lipinski definition) is 2. The molecule has 0 aliphatic carbocycles. The van der Waals surface area contributed by atoms with Crippen LogP contribution in [0.25, 0.3) is 0 Å². The number of benzene rings is 1. The highest BCUT2D eigenvalue weighted by molar-refractivity contribution is 5.79. The Morgan fingerprint density at radius 1 is 1.15 bits per heavy atom. The monoisotopic (exact) mass is 279 g/mol. The molecule has 20 heavy (non-hydrogen) atoms. The van der Waals surface area contributed by atoms with Gasteiger partial charge >= 0.3 is 0 Å². The number of aliphatic imine (C=N–C) groups is 1. The zero-order valence-electron chi connectivity index (χ0n) is 12.6. The van der Waals surface area contributed by atoms with Gasteiger partial charge in [-0.2, -0.15) is 0 Å². The normalized spacial score (nSPS) is 11.2. The fourth-order valence-electron chi connectivity index (χ4n) is 1.69. The van der Waals surface area contributed by atoms with E-state index in [1.54, 1.807) is 14.2 Å². The predicted octanol–water partition coefficient (Wildman–Crippen LogP) is 1.58. The van der Waals surface area contributed by atoms with E-state index in [2.05, 4.69) is 15.6 Å². The molecule has 0 heterocycles. The first-order valence-corrected chi connectivity index (χ1v) is 6.90. The average molecular weight is 279 g/mol. The van der Waals surface area contributed by atoms with E-state index in [0.29, 0.717) is 13.2 Å². The van der Waals surface area contributed by atoms with E-state index in [-0.39, 0.29) is 0 Å². The Kier molecular flexibility index (Phi) is 8.22. The lowest BCUT2D eigenvalue weighted by atomic mass is 10.2. The number of rotatable bonds is 8. The molecular weight excluding hydrogens is 254 g/mol. The van der Waals surface area contributed by atoms with Crippen molar-refractivity contribution in [2.24, 2.45) is 4.99 Å². The van der Waals surface area contributed by atoms with Gasteiger partial charge in [-0.25, -0.2) is 0 Å². The molecule has 5 heteroatoms. The number of ether oxygens (including phenoxy) is 2. The molecule has 0 aliphatic rings. The minimum Gasteiger partial charge on any atom is -0.491 e. The Hall–Kier alpha value is -1.75. The highest BCUT2D eigenvalue weighted by Gasteiger charge is 1.99. The van der Waals surface area contributed by atoms with Crippen molar-refractivity contribution in [3.8, 4) is 5.75 Å². The minimum atomic E-state index is 0.601. The van der Waals surface area contributed by atoms with Gasteiger partial charge in [0.1, 0.15) is 12.4 Å². The second-order valence-corrected chi connectivity index (χ2v) is 4.39. The third-order valence-electron chi connectivity index (χ3n) is 2.79. The smallest absolute Gasteiger partial charge is 0.191 e. The predicted molar refractivity (Wildman–Crippen MR) is 82.5 cm³/mol. The summed E-state index contributed by atoms with van der Waals surface area (Å²) in [4.78, 5) is 4.15. The van der Waals surface area contributed by atoms with E-state index in [1.807, 2.05) is 31.2 Å². The first-order chi connectivity index (χ1) is 9.77. The number of nitrogens with zero attached hydrogens (tertiary/aromatic N) is 1. The first-order valence-electron chi connectivity index (χ1n) is 6.90. The molecule has 0 saturated heterocycles. The first kappa shape index (κ1) is 16.3. The molecule has 1 aromatic carbocycles. The van der Waals surface area contributed by atoms with Crippen LogP contribution in [0.3, 0.4) is 0 Å². The second-order valence-electron chi connectivity index (χ2n) is 4.39. The van der Waals surface area contributed by atoms with Crippen molar-refractivity contribution < 1.29 is 9.47 Å². The van der Waals surface area contributed by atoms with Gasteiger partial charge in [-0.15, -0.1) is 0 Å². The SMILES string of the molecule is CN=C(NCCCOC)NCCOc1ccccc1C. The van der Waals surface area contributed by atoms with E-state index < -0.39 is 0 Å². The summed E-state index contributed by atoms with van der Waals surface area (Å²) in [5, 5.41) is 6.43. The summed E-state index contributed by atoms with van der Waals surface area (Å²) in [6, 6.07) is 8.00. The van der Waals surface area contributed by atoms with Crippen LogP contribution in [0, 0.1) is 6.92 Å². The lowest BCUT2D eigenvalue weighted by Crippen LogP contribution is -2.39. The third-order valence-corrected chi connectivity index (χ3v) is 2.79. The Morgan fingerprint density at radius 2 is 1.90 bits per heavy atom. The van der Waals surface area contributed by atoms with Crippen LogP contribution >= 0.6 is 0 Å². The summed E-state index contributed by atoms with van der Waals surface area (Å²) in [6.07, 6.45) is 0.955. The van der Waals surface area contributed by atoms with Crippen molar-refractivity contribution in [3.05, 3.63) is 29.8 Å². The molecular formula is C15H25N3O2. The maximum atomic E-state index is 5.71. The van der Waals surface area contributed by atoms with E-state index in [9.17, 15) is 0 Å². The van der Waals surface area contributed by atoms with Crippen molar-refractivity contribution in [2.45, 2.75) is 13.3 Å². The van der Waals surface area contributed by atoms with Crippen LogP contribution in [0.1, 0.15) is 12.0 Å². The second kappa shape index (κ2) is 10.1. The zero-order valence-corrected chi connectivity index (χ0v) is 12.6. The van der Waals surface area contributed by atoms with E-state index >= 15 is 0 Å². The Balaban J connectivity index is 2.17. The molecule has 0 spiro atoms. The molecule has 1 rings (SSSR count). The molecule has 0 unspecified atom stereocenters. The third kappa shape index (κ3) is 6.43. The maximum absolute atomic E-state index is 5.71. The molecule has 0 fully saturated rings. The standard InChI is InChI=1S/C15H25N3O2/c1-13-7-4-5-8-14(13)20-12-10-18-15(16-2)17-9-6-11-19-3/h4-5,7-8H,6,9-12H2,1-3H3,(H2,16,17,18). The molecule has 2 N–H and O–H groups in total.